The molecule has 2 nitrogen and oxygen atoms in total. The molecule has 0 saturated carbocycles. The van der Waals surface area contributed by atoms with Gasteiger partial charge in [0, 0.05) is 25.2 Å². The summed E-state index contributed by atoms with van der Waals surface area (Å²) in [6, 6.07) is 6.27. The Balaban J connectivity index is 0.00000161. The van der Waals surface area contributed by atoms with Gasteiger partial charge in [-0.25, -0.2) is 8.78 Å². The Labute approximate surface area is 131 Å². The lowest BCUT2D eigenvalue weighted by Crippen LogP contribution is -2.38. The first kappa shape index (κ1) is 16.7. The zero-order valence-electron chi connectivity index (χ0n) is 12.2. The van der Waals surface area contributed by atoms with Gasteiger partial charge in [-0.05, 0) is 44.3 Å². The van der Waals surface area contributed by atoms with Gasteiger partial charge in [0.25, 0.3) is 0 Å². The summed E-state index contributed by atoms with van der Waals surface area (Å²) in [5.41, 5.74) is -1.29. The zero-order valence-corrected chi connectivity index (χ0v) is 13.0. The van der Waals surface area contributed by atoms with Crippen LogP contribution in [0.15, 0.2) is 24.3 Å². The van der Waals surface area contributed by atoms with E-state index in [4.69, 9.17) is 0 Å². The molecule has 118 valence electrons. The van der Waals surface area contributed by atoms with E-state index < -0.39 is 11.5 Å². The predicted molar refractivity (Wildman–Crippen MR) is 83.1 cm³/mol. The van der Waals surface area contributed by atoms with Crippen LogP contribution in [0.2, 0.25) is 0 Å². The fraction of sp³-hybridized carbons (Fsp3) is 0.625. The third-order valence-electron chi connectivity index (χ3n) is 4.57. The van der Waals surface area contributed by atoms with Crippen LogP contribution in [0.25, 0.3) is 0 Å². The number of nitrogens with zero attached hydrogens (tertiary/aromatic N) is 1. The van der Waals surface area contributed by atoms with E-state index in [-0.39, 0.29) is 18.0 Å². The van der Waals surface area contributed by atoms with E-state index in [1.54, 1.807) is 18.2 Å². The molecule has 2 unspecified atom stereocenters. The zero-order chi connectivity index (χ0) is 14.0. The van der Waals surface area contributed by atoms with Crippen LogP contribution in [0.3, 0.4) is 0 Å². The molecule has 21 heavy (non-hydrogen) atoms. The van der Waals surface area contributed by atoms with E-state index >= 15 is 4.39 Å². The van der Waals surface area contributed by atoms with Crippen LogP contribution in [-0.2, 0) is 5.67 Å². The summed E-state index contributed by atoms with van der Waals surface area (Å²) in [5, 5.41) is 3.39. The Morgan fingerprint density at radius 2 is 2.14 bits per heavy atom. The fourth-order valence-electron chi connectivity index (χ4n) is 3.49. The van der Waals surface area contributed by atoms with Gasteiger partial charge in [-0.15, -0.1) is 12.4 Å². The van der Waals surface area contributed by atoms with Gasteiger partial charge in [-0.1, -0.05) is 18.2 Å². The number of halogens is 3. The maximum Gasteiger partial charge on any atom is 0.152 e. The first-order valence-corrected chi connectivity index (χ1v) is 7.54. The molecular weight excluding hydrogens is 294 g/mol. The lowest BCUT2D eigenvalue weighted by molar-refractivity contribution is 0.150. The number of benzene rings is 1. The Morgan fingerprint density at radius 1 is 1.33 bits per heavy atom. The molecule has 0 radical (unpaired) electrons. The maximum atomic E-state index is 15.0. The van der Waals surface area contributed by atoms with Crippen molar-refractivity contribution in [2.24, 2.45) is 5.92 Å². The number of hydrogen-bond acceptors (Lipinski definition) is 2. The van der Waals surface area contributed by atoms with Crippen LogP contribution in [-0.4, -0.2) is 37.6 Å². The molecule has 0 aromatic heterocycles. The highest BCUT2D eigenvalue weighted by molar-refractivity contribution is 5.85. The van der Waals surface area contributed by atoms with Crippen LogP contribution in [0.1, 0.15) is 24.8 Å². The summed E-state index contributed by atoms with van der Waals surface area (Å²) < 4.78 is 28.8. The van der Waals surface area contributed by atoms with Gasteiger partial charge in [-0.3, -0.25) is 4.90 Å². The molecule has 2 aliphatic rings. The Hall–Kier alpha value is -0.710. The highest BCUT2D eigenvalue weighted by Crippen LogP contribution is 2.37. The van der Waals surface area contributed by atoms with Crippen LogP contribution in [0, 0.1) is 11.7 Å². The minimum Gasteiger partial charge on any atom is -0.316 e. The van der Waals surface area contributed by atoms with Gasteiger partial charge < -0.3 is 5.32 Å². The molecule has 3 rings (SSSR count). The number of alkyl halides is 1. The fourth-order valence-corrected chi connectivity index (χ4v) is 3.49. The second-order valence-corrected chi connectivity index (χ2v) is 6.14. The summed E-state index contributed by atoms with van der Waals surface area (Å²) >= 11 is 0. The topological polar surface area (TPSA) is 15.3 Å². The summed E-state index contributed by atoms with van der Waals surface area (Å²) in [4.78, 5) is 2.16. The normalized spacial score (nSPS) is 30.1. The van der Waals surface area contributed by atoms with Gasteiger partial charge in [-0.2, -0.15) is 0 Å². The van der Waals surface area contributed by atoms with Gasteiger partial charge in [0.05, 0.1) is 0 Å². The third-order valence-corrected chi connectivity index (χ3v) is 4.57. The van der Waals surface area contributed by atoms with E-state index in [1.807, 2.05) is 0 Å². The van der Waals surface area contributed by atoms with Crippen molar-refractivity contribution in [2.45, 2.75) is 24.9 Å². The molecule has 0 spiro atoms. The molecule has 0 amide bonds. The van der Waals surface area contributed by atoms with Gasteiger partial charge in [0.1, 0.15) is 5.82 Å². The van der Waals surface area contributed by atoms with E-state index in [0.717, 1.165) is 26.2 Å². The van der Waals surface area contributed by atoms with Gasteiger partial charge >= 0.3 is 0 Å². The molecule has 2 fully saturated rings. The van der Waals surface area contributed by atoms with Crippen LogP contribution in [0.4, 0.5) is 8.78 Å². The van der Waals surface area contributed by atoms with Gasteiger partial charge in [0.15, 0.2) is 5.67 Å². The molecule has 0 aliphatic carbocycles. The van der Waals surface area contributed by atoms with E-state index in [2.05, 4.69) is 10.2 Å². The second kappa shape index (κ2) is 7.03. The average molecular weight is 317 g/mol. The SMILES string of the molecule is Cl.Fc1ccccc1C1(F)CCN(CC2CCCNC2)C1. The average Bonchev–Trinajstić information content (AvgIpc) is 2.83. The smallest absolute Gasteiger partial charge is 0.152 e. The monoisotopic (exact) mass is 316 g/mol. The first-order chi connectivity index (χ1) is 9.67. The number of rotatable bonds is 3. The lowest BCUT2D eigenvalue weighted by atomic mass is 9.94. The first-order valence-electron chi connectivity index (χ1n) is 7.54. The lowest BCUT2D eigenvalue weighted by Gasteiger charge is -2.28. The molecule has 0 bridgehead atoms. The van der Waals surface area contributed by atoms with Crippen molar-refractivity contribution in [3.8, 4) is 0 Å². The van der Waals surface area contributed by atoms with E-state index in [0.29, 0.717) is 18.9 Å². The molecule has 1 aromatic rings. The second-order valence-electron chi connectivity index (χ2n) is 6.14. The largest absolute Gasteiger partial charge is 0.316 e. The Morgan fingerprint density at radius 3 is 2.86 bits per heavy atom. The number of piperidine rings is 1. The molecular formula is C16H23ClF2N2. The van der Waals surface area contributed by atoms with Crippen molar-refractivity contribution in [1.82, 2.24) is 10.2 Å². The number of hydrogen-bond donors (Lipinski definition) is 1. The summed E-state index contributed by atoms with van der Waals surface area (Å²) in [6.45, 7) is 4.09. The quantitative estimate of drug-likeness (QED) is 0.921. The third kappa shape index (κ3) is 3.74. The van der Waals surface area contributed by atoms with E-state index in [9.17, 15) is 4.39 Å². The van der Waals surface area contributed by atoms with Crippen molar-refractivity contribution in [2.75, 3.05) is 32.7 Å². The highest BCUT2D eigenvalue weighted by Gasteiger charge is 2.41. The van der Waals surface area contributed by atoms with Gasteiger partial charge in [0.2, 0.25) is 0 Å². The van der Waals surface area contributed by atoms with Crippen molar-refractivity contribution < 1.29 is 8.78 Å². The molecule has 1 N–H and O–H groups in total. The highest BCUT2D eigenvalue weighted by atomic mass is 35.5. The molecule has 2 atom stereocenters. The van der Waals surface area contributed by atoms with Crippen molar-refractivity contribution in [3.05, 3.63) is 35.6 Å². The minimum absolute atomic E-state index is 0. The van der Waals surface area contributed by atoms with Crippen molar-refractivity contribution >= 4 is 12.4 Å². The van der Waals surface area contributed by atoms with Crippen molar-refractivity contribution in [3.63, 3.8) is 0 Å². The summed E-state index contributed by atoms with van der Waals surface area (Å²) in [6.07, 6.45) is 2.81. The number of likely N-dealkylation sites (tertiary alicyclic amines) is 1. The molecule has 1 aromatic carbocycles. The molecule has 2 saturated heterocycles. The standard InChI is InChI=1S/C16H22F2N2.ClH/c17-15-6-2-1-5-14(15)16(18)7-9-20(12-16)11-13-4-3-8-19-10-13;/h1-2,5-6,13,19H,3-4,7-12H2;1H. The van der Waals surface area contributed by atoms with Crippen molar-refractivity contribution in [1.29, 1.82) is 0 Å². The molecule has 2 heterocycles. The summed E-state index contributed by atoms with van der Waals surface area (Å²) in [7, 11) is 0. The number of nitrogens with one attached hydrogen (secondary N) is 1. The molecule has 2 aliphatic heterocycles. The van der Waals surface area contributed by atoms with Crippen LogP contribution in [0.5, 0.6) is 0 Å². The Kier molecular flexibility index (Phi) is 5.58. The predicted octanol–water partition coefficient (Wildman–Crippen LogP) is 3.12. The maximum absolute atomic E-state index is 15.0. The molecule has 5 heteroatoms. The van der Waals surface area contributed by atoms with Crippen LogP contribution < -0.4 is 5.32 Å². The van der Waals surface area contributed by atoms with Crippen LogP contribution >= 0.6 is 12.4 Å². The minimum atomic E-state index is -1.52. The summed E-state index contributed by atoms with van der Waals surface area (Å²) in [5.74, 6) is 0.183. The van der Waals surface area contributed by atoms with E-state index in [1.165, 1.54) is 18.9 Å². The Bertz CT molecular complexity index is 465.